The number of hydrogen-bond donors (Lipinski definition) is 4. The van der Waals surface area contributed by atoms with Crippen LogP contribution in [0.2, 0.25) is 0 Å². The summed E-state index contributed by atoms with van der Waals surface area (Å²) in [5.41, 5.74) is 3.30. The average molecular weight is 515 g/mol. The number of anilines is 2. The molecule has 0 aliphatic rings. The van der Waals surface area contributed by atoms with E-state index in [2.05, 4.69) is 43.5 Å². The van der Waals surface area contributed by atoms with Crippen molar-refractivity contribution in [3.8, 4) is 0 Å². The molecule has 1 heterocycles. The standard InChI is InChI=1S/C26H26N8O4/c1-2-3-5-17-8-10-18(11-9-17)23(28-26(36)27-21-6-4-7-22(16-21)34(37)38)19-12-14-20(15-13-19)24(35)29-25-30-32-33-31-25/h4,6-16,23H,2-3,5H2,1H3,(H2,27,28,36)(H2,29,30,31,32,33,35). The lowest BCUT2D eigenvalue weighted by Gasteiger charge is -2.21. The van der Waals surface area contributed by atoms with E-state index in [1.165, 1.54) is 23.8 Å². The molecule has 3 aromatic carbocycles. The van der Waals surface area contributed by atoms with Gasteiger partial charge in [-0.25, -0.2) is 4.79 Å². The molecule has 194 valence electrons. The summed E-state index contributed by atoms with van der Waals surface area (Å²) in [6.45, 7) is 2.14. The molecule has 0 saturated heterocycles. The molecule has 0 aliphatic carbocycles. The van der Waals surface area contributed by atoms with Gasteiger partial charge in [0, 0.05) is 23.4 Å². The number of unbranched alkanes of at least 4 members (excludes halogenated alkanes) is 1. The van der Waals surface area contributed by atoms with Crippen LogP contribution >= 0.6 is 0 Å². The van der Waals surface area contributed by atoms with Crippen molar-refractivity contribution in [3.05, 3.63) is 105 Å². The number of H-pyrrole nitrogens is 1. The van der Waals surface area contributed by atoms with Crippen LogP contribution in [-0.2, 0) is 6.42 Å². The number of amides is 3. The number of nitrogens with one attached hydrogen (secondary N) is 4. The van der Waals surface area contributed by atoms with E-state index in [0.717, 1.165) is 30.4 Å². The summed E-state index contributed by atoms with van der Waals surface area (Å²) < 4.78 is 0. The van der Waals surface area contributed by atoms with Crippen LogP contribution in [0.25, 0.3) is 0 Å². The van der Waals surface area contributed by atoms with Crippen LogP contribution < -0.4 is 16.0 Å². The summed E-state index contributed by atoms with van der Waals surface area (Å²) in [5.74, 6) is -0.356. The number of carbonyl (C=O) groups is 2. The third-order valence-corrected chi connectivity index (χ3v) is 5.80. The first kappa shape index (κ1) is 25.9. The molecule has 3 amide bonds. The van der Waals surface area contributed by atoms with Crippen molar-refractivity contribution in [2.24, 2.45) is 0 Å². The fraction of sp³-hybridized carbons (Fsp3) is 0.192. The predicted molar refractivity (Wildman–Crippen MR) is 141 cm³/mol. The Balaban J connectivity index is 1.55. The molecule has 4 rings (SSSR count). The van der Waals surface area contributed by atoms with Crippen molar-refractivity contribution in [1.29, 1.82) is 0 Å². The Hall–Kier alpha value is -5.13. The van der Waals surface area contributed by atoms with Crippen LogP contribution in [-0.4, -0.2) is 37.5 Å². The summed E-state index contributed by atoms with van der Waals surface area (Å²) in [6, 6.07) is 19.4. The maximum Gasteiger partial charge on any atom is 0.319 e. The number of nitrogens with zero attached hydrogens (tertiary/aromatic N) is 4. The Kier molecular flexibility index (Phi) is 8.34. The first-order valence-corrected chi connectivity index (χ1v) is 12.0. The topological polar surface area (TPSA) is 168 Å². The number of aromatic nitrogens is 4. The van der Waals surface area contributed by atoms with Crippen molar-refractivity contribution in [2.45, 2.75) is 32.2 Å². The van der Waals surface area contributed by atoms with E-state index >= 15 is 0 Å². The van der Waals surface area contributed by atoms with Crippen molar-refractivity contribution >= 4 is 29.3 Å². The van der Waals surface area contributed by atoms with Crippen LogP contribution in [0, 0.1) is 10.1 Å². The second kappa shape index (κ2) is 12.2. The highest BCUT2D eigenvalue weighted by Gasteiger charge is 2.19. The second-order valence-corrected chi connectivity index (χ2v) is 8.50. The Morgan fingerprint density at radius 2 is 1.71 bits per heavy atom. The number of nitro groups is 1. The number of benzene rings is 3. The maximum absolute atomic E-state index is 12.9. The number of nitro benzene ring substituents is 1. The first-order chi connectivity index (χ1) is 18.4. The summed E-state index contributed by atoms with van der Waals surface area (Å²) in [6.07, 6.45) is 3.14. The largest absolute Gasteiger partial charge is 0.327 e. The highest BCUT2D eigenvalue weighted by Crippen LogP contribution is 2.25. The van der Waals surface area contributed by atoms with Gasteiger partial charge in [-0.2, -0.15) is 5.21 Å². The number of non-ortho nitro benzene ring substituents is 1. The molecule has 0 bridgehead atoms. The van der Waals surface area contributed by atoms with Crippen LogP contribution in [0.15, 0.2) is 72.8 Å². The SMILES string of the molecule is CCCCc1ccc(C(NC(=O)Nc2cccc([N+](=O)[O-])c2)c2ccc(C(=O)Nc3nn[nH]n3)cc2)cc1. The maximum atomic E-state index is 12.9. The third kappa shape index (κ3) is 6.75. The number of aromatic amines is 1. The smallest absolute Gasteiger partial charge is 0.319 e. The van der Waals surface area contributed by atoms with Gasteiger partial charge in [0.1, 0.15) is 0 Å². The molecule has 1 atom stereocenters. The third-order valence-electron chi connectivity index (χ3n) is 5.80. The fourth-order valence-electron chi connectivity index (χ4n) is 3.83. The minimum atomic E-state index is -0.553. The van der Waals surface area contributed by atoms with Crippen molar-refractivity contribution in [1.82, 2.24) is 25.9 Å². The lowest BCUT2D eigenvalue weighted by molar-refractivity contribution is -0.384. The van der Waals surface area contributed by atoms with Gasteiger partial charge in [-0.05, 0) is 52.9 Å². The van der Waals surface area contributed by atoms with Crippen molar-refractivity contribution < 1.29 is 14.5 Å². The van der Waals surface area contributed by atoms with E-state index < -0.39 is 22.9 Å². The van der Waals surface area contributed by atoms with Crippen LogP contribution in [0.4, 0.5) is 22.1 Å². The zero-order chi connectivity index (χ0) is 26.9. The Bertz CT molecular complexity index is 1390. The molecule has 4 aromatic rings. The van der Waals surface area contributed by atoms with Crippen molar-refractivity contribution in [3.63, 3.8) is 0 Å². The Labute approximate surface area is 218 Å². The van der Waals surface area contributed by atoms with Gasteiger partial charge in [0.2, 0.25) is 0 Å². The van der Waals surface area contributed by atoms with Gasteiger partial charge in [-0.1, -0.05) is 60.9 Å². The predicted octanol–water partition coefficient (Wildman–Crippen LogP) is 4.61. The van der Waals surface area contributed by atoms with Crippen LogP contribution in [0.5, 0.6) is 0 Å². The number of rotatable bonds is 10. The van der Waals surface area contributed by atoms with Crippen LogP contribution in [0.1, 0.15) is 52.9 Å². The zero-order valence-electron chi connectivity index (χ0n) is 20.5. The molecule has 12 heteroatoms. The van der Waals surface area contributed by atoms with E-state index in [0.29, 0.717) is 11.3 Å². The number of hydrogen-bond acceptors (Lipinski definition) is 7. The molecule has 38 heavy (non-hydrogen) atoms. The summed E-state index contributed by atoms with van der Waals surface area (Å²) in [5, 5.41) is 32.3. The monoisotopic (exact) mass is 514 g/mol. The van der Waals surface area contributed by atoms with Gasteiger partial charge < -0.3 is 10.6 Å². The number of aryl methyl sites for hydroxylation is 1. The minimum Gasteiger partial charge on any atom is -0.327 e. The minimum absolute atomic E-state index is 0.0552. The van der Waals surface area contributed by atoms with Gasteiger partial charge >= 0.3 is 6.03 Å². The lowest BCUT2D eigenvalue weighted by Crippen LogP contribution is -2.33. The molecule has 4 N–H and O–H groups in total. The Morgan fingerprint density at radius 3 is 2.34 bits per heavy atom. The molecule has 0 spiro atoms. The quantitative estimate of drug-likeness (QED) is 0.177. The van der Waals surface area contributed by atoms with E-state index in [9.17, 15) is 19.7 Å². The van der Waals surface area contributed by atoms with E-state index in [1.54, 1.807) is 30.3 Å². The average Bonchev–Trinajstić information content (AvgIpc) is 3.44. The van der Waals surface area contributed by atoms with Gasteiger partial charge in [0.15, 0.2) is 0 Å². The van der Waals surface area contributed by atoms with Gasteiger partial charge in [0.25, 0.3) is 17.5 Å². The highest BCUT2D eigenvalue weighted by atomic mass is 16.6. The number of urea groups is 1. The normalized spacial score (nSPS) is 11.4. The second-order valence-electron chi connectivity index (χ2n) is 8.50. The molecular formula is C26H26N8O4. The Morgan fingerprint density at radius 1 is 1.00 bits per heavy atom. The molecule has 0 saturated carbocycles. The molecule has 0 aliphatic heterocycles. The summed E-state index contributed by atoms with van der Waals surface area (Å²) in [4.78, 5) is 36.0. The van der Waals surface area contributed by atoms with Gasteiger partial charge in [-0.15, -0.1) is 5.10 Å². The molecule has 12 nitrogen and oxygen atoms in total. The molecule has 1 unspecified atom stereocenters. The fourth-order valence-corrected chi connectivity index (χ4v) is 3.83. The van der Waals surface area contributed by atoms with Gasteiger partial charge in [0.05, 0.1) is 11.0 Å². The zero-order valence-corrected chi connectivity index (χ0v) is 20.5. The van der Waals surface area contributed by atoms with E-state index in [4.69, 9.17) is 0 Å². The van der Waals surface area contributed by atoms with E-state index in [1.807, 2.05) is 24.3 Å². The molecule has 0 radical (unpaired) electrons. The summed E-state index contributed by atoms with van der Waals surface area (Å²) in [7, 11) is 0. The summed E-state index contributed by atoms with van der Waals surface area (Å²) >= 11 is 0. The molecular weight excluding hydrogens is 488 g/mol. The first-order valence-electron chi connectivity index (χ1n) is 12.0. The van der Waals surface area contributed by atoms with Crippen LogP contribution in [0.3, 0.4) is 0 Å². The molecule has 1 aromatic heterocycles. The van der Waals surface area contributed by atoms with E-state index in [-0.39, 0.29) is 11.6 Å². The number of tetrazole rings is 1. The highest BCUT2D eigenvalue weighted by molar-refractivity contribution is 6.03. The van der Waals surface area contributed by atoms with Gasteiger partial charge in [-0.3, -0.25) is 20.2 Å². The lowest BCUT2D eigenvalue weighted by atomic mass is 9.96. The van der Waals surface area contributed by atoms with Crippen molar-refractivity contribution in [2.75, 3.05) is 10.6 Å². The molecule has 0 fully saturated rings. The number of carbonyl (C=O) groups excluding carboxylic acids is 2.